The highest BCUT2D eigenvalue weighted by Crippen LogP contribution is 2.18. The molecule has 1 heterocycles. The summed E-state index contributed by atoms with van der Waals surface area (Å²) in [6.45, 7) is 6.30. The topological polar surface area (TPSA) is 3.24 Å². The molecule has 1 heteroatoms. The van der Waals surface area contributed by atoms with E-state index in [9.17, 15) is 0 Å². The molecule has 2 aliphatic rings. The summed E-state index contributed by atoms with van der Waals surface area (Å²) in [7, 11) is 0. The number of hydrogen-bond donors (Lipinski definition) is 0. The Morgan fingerprint density at radius 2 is 2.19 bits per heavy atom. The minimum atomic E-state index is 0.943. The lowest BCUT2D eigenvalue weighted by Gasteiger charge is -2.20. The average molecular weight is 219 g/mol. The van der Waals surface area contributed by atoms with Gasteiger partial charge in [0, 0.05) is 6.54 Å². The van der Waals surface area contributed by atoms with E-state index in [4.69, 9.17) is 0 Å². The van der Waals surface area contributed by atoms with Gasteiger partial charge in [-0.1, -0.05) is 30.7 Å². The van der Waals surface area contributed by atoms with Crippen LogP contribution in [0.1, 0.15) is 45.4 Å². The second-order valence-electron chi connectivity index (χ2n) is 5.39. The maximum atomic E-state index is 2.66. The molecule has 0 aromatic heterocycles. The molecule has 0 spiro atoms. The summed E-state index contributed by atoms with van der Waals surface area (Å²) in [6.07, 6.45) is 15.0. The van der Waals surface area contributed by atoms with Crippen molar-refractivity contribution >= 4 is 0 Å². The number of nitrogens with zero attached hydrogens (tertiary/aromatic N) is 1. The van der Waals surface area contributed by atoms with Crippen LogP contribution in [0.4, 0.5) is 0 Å². The van der Waals surface area contributed by atoms with Crippen LogP contribution in [0.2, 0.25) is 0 Å². The quantitative estimate of drug-likeness (QED) is 0.698. The molecule has 0 N–H and O–H groups in total. The van der Waals surface area contributed by atoms with Crippen LogP contribution in [0.25, 0.3) is 0 Å². The van der Waals surface area contributed by atoms with Crippen molar-refractivity contribution in [3.05, 3.63) is 23.8 Å². The summed E-state index contributed by atoms with van der Waals surface area (Å²) < 4.78 is 0. The first-order chi connectivity index (χ1) is 7.84. The molecule has 2 rings (SSSR count). The summed E-state index contributed by atoms with van der Waals surface area (Å²) >= 11 is 0. The summed E-state index contributed by atoms with van der Waals surface area (Å²) in [5.74, 6) is 0.943. The van der Waals surface area contributed by atoms with Crippen LogP contribution < -0.4 is 0 Å². The maximum absolute atomic E-state index is 2.66. The normalized spacial score (nSPS) is 27.6. The zero-order valence-corrected chi connectivity index (χ0v) is 10.6. The molecule has 0 radical (unpaired) electrons. The molecule has 0 aromatic carbocycles. The van der Waals surface area contributed by atoms with Gasteiger partial charge in [0.05, 0.1) is 0 Å². The minimum Gasteiger partial charge on any atom is -0.303 e. The third kappa shape index (κ3) is 3.79. The van der Waals surface area contributed by atoms with Gasteiger partial charge in [-0.3, -0.25) is 0 Å². The molecule has 0 bridgehead atoms. The SMILES string of the molecule is CC1CCCN(CCC2=CCCC=C2)CC1. The van der Waals surface area contributed by atoms with E-state index in [1.807, 2.05) is 0 Å². The van der Waals surface area contributed by atoms with Crippen molar-refractivity contribution in [1.29, 1.82) is 0 Å². The first kappa shape index (κ1) is 11.9. The van der Waals surface area contributed by atoms with Crippen LogP contribution in [0, 0.1) is 5.92 Å². The second kappa shape index (κ2) is 6.24. The first-order valence-electron chi connectivity index (χ1n) is 6.92. The van der Waals surface area contributed by atoms with Gasteiger partial charge in [-0.25, -0.2) is 0 Å². The lowest BCUT2D eigenvalue weighted by atomic mass is 10.0. The highest BCUT2D eigenvalue weighted by molar-refractivity contribution is 5.22. The van der Waals surface area contributed by atoms with Crippen molar-refractivity contribution < 1.29 is 0 Å². The van der Waals surface area contributed by atoms with Gasteiger partial charge in [-0.2, -0.15) is 0 Å². The predicted octanol–water partition coefficient (Wildman–Crippen LogP) is 3.77. The van der Waals surface area contributed by atoms with E-state index < -0.39 is 0 Å². The molecule has 0 saturated carbocycles. The number of likely N-dealkylation sites (tertiary alicyclic amines) is 1. The highest BCUT2D eigenvalue weighted by atomic mass is 15.1. The van der Waals surface area contributed by atoms with Crippen LogP contribution in [0.5, 0.6) is 0 Å². The van der Waals surface area contributed by atoms with Crippen molar-refractivity contribution in [1.82, 2.24) is 4.90 Å². The number of hydrogen-bond acceptors (Lipinski definition) is 1. The Kier molecular flexibility index (Phi) is 4.65. The highest BCUT2D eigenvalue weighted by Gasteiger charge is 2.13. The molecule has 90 valence electrons. The molecule has 1 aliphatic carbocycles. The fraction of sp³-hybridized carbons (Fsp3) is 0.733. The van der Waals surface area contributed by atoms with Crippen molar-refractivity contribution in [3.8, 4) is 0 Å². The molecule has 1 fully saturated rings. The van der Waals surface area contributed by atoms with Gasteiger partial charge in [0.25, 0.3) is 0 Å². The minimum absolute atomic E-state index is 0.943. The fourth-order valence-corrected chi connectivity index (χ4v) is 2.69. The predicted molar refractivity (Wildman–Crippen MR) is 70.5 cm³/mol. The third-order valence-electron chi connectivity index (χ3n) is 3.90. The van der Waals surface area contributed by atoms with Crippen LogP contribution in [0.3, 0.4) is 0 Å². The Hall–Kier alpha value is -0.560. The third-order valence-corrected chi connectivity index (χ3v) is 3.90. The average Bonchev–Trinajstić information content (AvgIpc) is 2.53. The zero-order chi connectivity index (χ0) is 11.2. The Labute approximate surface area is 100 Å². The zero-order valence-electron chi connectivity index (χ0n) is 10.6. The fourth-order valence-electron chi connectivity index (χ4n) is 2.69. The first-order valence-corrected chi connectivity index (χ1v) is 6.92. The molecule has 1 nitrogen and oxygen atoms in total. The molecule has 0 aromatic rings. The molecule has 16 heavy (non-hydrogen) atoms. The van der Waals surface area contributed by atoms with Gasteiger partial charge in [-0.15, -0.1) is 0 Å². The summed E-state index contributed by atoms with van der Waals surface area (Å²) in [5.41, 5.74) is 1.56. The van der Waals surface area contributed by atoms with Gasteiger partial charge in [0.2, 0.25) is 0 Å². The van der Waals surface area contributed by atoms with Crippen molar-refractivity contribution in [2.24, 2.45) is 5.92 Å². The number of allylic oxidation sites excluding steroid dienone is 3. The van der Waals surface area contributed by atoms with E-state index >= 15 is 0 Å². The summed E-state index contributed by atoms with van der Waals surface area (Å²) in [5, 5.41) is 0. The Balaban J connectivity index is 1.72. The van der Waals surface area contributed by atoms with Crippen molar-refractivity contribution in [2.75, 3.05) is 19.6 Å². The lowest BCUT2D eigenvalue weighted by molar-refractivity contribution is 0.285. The largest absolute Gasteiger partial charge is 0.303 e. The Bertz CT molecular complexity index is 265. The maximum Gasteiger partial charge on any atom is 0.00217 e. The smallest absolute Gasteiger partial charge is 0.00217 e. The lowest BCUT2D eigenvalue weighted by Crippen LogP contribution is -2.26. The summed E-state index contributed by atoms with van der Waals surface area (Å²) in [6, 6.07) is 0. The molecule has 1 atom stereocenters. The Morgan fingerprint density at radius 3 is 3.00 bits per heavy atom. The standard InChI is InChI=1S/C15H25N/c1-14-6-5-11-16(12-9-14)13-10-15-7-3-2-4-8-15/h3,7-8,14H,2,4-6,9-13H2,1H3. The van der Waals surface area contributed by atoms with E-state index in [2.05, 4.69) is 30.1 Å². The second-order valence-corrected chi connectivity index (χ2v) is 5.39. The molecule has 0 amide bonds. The van der Waals surface area contributed by atoms with Crippen LogP contribution in [-0.4, -0.2) is 24.5 Å². The van der Waals surface area contributed by atoms with E-state index in [1.165, 1.54) is 58.2 Å². The molecule has 1 unspecified atom stereocenters. The summed E-state index contributed by atoms with van der Waals surface area (Å²) in [4.78, 5) is 2.66. The molecule has 1 aliphatic heterocycles. The molecular weight excluding hydrogens is 194 g/mol. The van der Waals surface area contributed by atoms with E-state index in [1.54, 1.807) is 5.57 Å². The molecule has 1 saturated heterocycles. The molecular formula is C15H25N. The van der Waals surface area contributed by atoms with Crippen molar-refractivity contribution in [3.63, 3.8) is 0 Å². The van der Waals surface area contributed by atoms with Crippen LogP contribution in [0.15, 0.2) is 23.8 Å². The van der Waals surface area contributed by atoms with Crippen LogP contribution >= 0.6 is 0 Å². The van der Waals surface area contributed by atoms with Gasteiger partial charge in [0.15, 0.2) is 0 Å². The van der Waals surface area contributed by atoms with Gasteiger partial charge >= 0.3 is 0 Å². The van der Waals surface area contributed by atoms with E-state index in [0.717, 1.165) is 5.92 Å². The van der Waals surface area contributed by atoms with Gasteiger partial charge < -0.3 is 4.90 Å². The van der Waals surface area contributed by atoms with E-state index in [-0.39, 0.29) is 0 Å². The van der Waals surface area contributed by atoms with Crippen molar-refractivity contribution in [2.45, 2.75) is 45.4 Å². The van der Waals surface area contributed by atoms with Crippen LogP contribution in [-0.2, 0) is 0 Å². The Morgan fingerprint density at radius 1 is 1.25 bits per heavy atom. The van der Waals surface area contributed by atoms with Gasteiger partial charge in [0.1, 0.15) is 0 Å². The number of rotatable bonds is 3. The van der Waals surface area contributed by atoms with Gasteiger partial charge in [-0.05, 0) is 57.5 Å². The monoisotopic (exact) mass is 219 g/mol. The van der Waals surface area contributed by atoms with E-state index in [0.29, 0.717) is 0 Å².